The fourth-order valence-corrected chi connectivity index (χ4v) is 2.25. The van der Waals surface area contributed by atoms with Crippen molar-refractivity contribution < 1.29 is 4.39 Å². The molecule has 2 unspecified atom stereocenters. The van der Waals surface area contributed by atoms with E-state index in [1.165, 1.54) is 6.07 Å². The van der Waals surface area contributed by atoms with E-state index < -0.39 is 0 Å². The Labute approximate surface area is 108 Å². The zero-order valence-corrected chi connectivity index (χ0v) is 11.5. The second-order valence-corrected chi connectivity index (χ2v) is 5.01. The summed E-state index contributed by atoms with van der Waals surface area (Å²) in [6.07, 6.45) is 1.11. The van der Waals surface area contributed by atoms with Crippen LogP contribution in [-0.2, 0) is 0 Å². The lowest BCUT2D eigenvalue weighted by Gasteiger charge is -2.22. The van der Waals surface area contributed by atoms with Crippen LogP contribution in [0.5, 0.6) is 0 Å². The predicted molar refractivity (Wildman–Crippen MR) is 72.1 cm³/mol. The minimum absolute atomic E-state index is 0.119. The van der Waals surface area contributed by atoms with Crippen molar-refractivity contribution in [1.82, 2.24) is 5.32 Å². The highest BCUT2D eigenvalue weighted by atomic mass is 35.5. The Hall–Kier alpha value is -0.600. The zero-order valence-electron chi connectivity index (χ0n) is 10.8. The van der Waals surface area contributed by atoms with Gasteiger partial charge in [-0.25, -0.2) is 4.39 Å². The molecule has 1 N–H and O–H groups in total. The van der Waals surface area contributed by atoms with Crippen molar-refractivity contribution in [2.24, 2.45) is 5.92 Å². The summed E-state index contributed by atoms with van der Waals surface area (Å²) < 4.78 is 13.7. The van der Waals surface area contributed by atoms with Crippen LogP contribution in [0.1, 0.15) is 38.7 Å². The Bertz CT molecular complexity index is 334. The minimum atomic E-state index is -0.202. The van der Waals surface area contributed by atoms with Crippen LogP contribution in [0.3, 0.4) is 0 Å². The fourth-order valence-electron chi connectivity index (χ4n) is 1.91. The van der Waals surface area contributed by atoms with Gasteiger partial charge >= 0.3 is 0 Å². The SMILES string of the molecule is CCCNCC(C)C(C)c1c(F)cccc1Cl. The van der Waals surface area contributed by atoms with Gasteiger partial charge in [0.1, 0.15) is 5.82 Å². The molecule has 0 radical (unpaired) electrons. The van der Waals surface area contributed by atoms with E-state index in [2.05, 4.69) is 19.2 Å². The first-order valence-electron chi connectivity index (χ1n) is 6.22. The van der Waals surface area contributed by atoms with Crippen LogP contribution < -0.4 is 5.32 Å². The quantitative estimate of drug-likeness (QED) is 0.753. The third-order valence-electron chi connectivity index (χ3n) is 3.20. The Morgan fingerprint density at radius 3 is 2.65 bits per heavy atom. The van der Waals surface area contributed by atoms with Crippen molar-refractivity contribution in [1.29, 1.82) is 0 Å². The summed E-state index contributed by atoms with van der Waals surface area (Å²) in [4.78, 5) is 0. The molecular weight excluding hydrogens is 237 g/mol. The minimum Gasteiger partial charge on any atom is -0.316 e. The predicted octanol–water partition coefficient (Wildman–Crippen LogP) is 4.22. The van der Waals surface area contributed by atoms with E-state index in [1.54, 1.807) is 12.1 Å². The van der Waals surface area contributed by atoms with Gasteiger partial charge in [-0.1, -0.05) is 38.4 Å². The zero-order chi connectivity index (χ0) is 12.8. The summed E-state index contributed by atoms with van der Waals surface area (Å²) >= 11 is 6.07. The first-order chi connectivity index (χ1) is 8.07. The van der Waals surface area contributed by atoms with E-state index in [1.807, 2.05) is 6.92 Å². The standard InChI is InChI=1S/C14H21ClFN/c1-4-8-17-9-10(2)11(3)14-12(15)6-5-7-13(14)16/h5-7,10-11,17H,4,8-9H2,1-3H3. The summed E-state index contributed by atoms with van der Waals surface area (Å²) in [5.41, 5.74) is 0.639. The van der Waals surface area contributed by atoms with E-state index in [-0.39, 0.29) is 11.7 Å². The number of halogens is 2. The van der Waals surface area contributed by atoms with Crippen LogP contribution in [0.25, 0.3) is 0 Å². The molecule has 3 heteroatoms. The highest BCUT2D eigenvalue weighted by Gasteiger charge is 2.20. The van der Waals surface area contributed by atoms with E-state index in [0.717, 1.165) is 19.5 Å². The number of hydrogen-bond donors (Lipinski definition) is 1. The van der Waals surface area contributed by atoms with Gasteiger partial charge in [0.15, 0.2) is 0 Å². The van der Waals surface area contributed by atoms with Gasteiger partial charge in [0, 0.05) is 10.6 Å². The lowest BCUT2D eigenvalue weighted by molar-refractivity contribution is 0.435. The second kappa shape index (κ2) is 6.97. The normalized spacial score (nSPS) is 14.6. The summed E-state index contributed by atoms with van der Waals surface area (Å²) in [7, 11) is 0. The molecule has 0 fully saturated rings. The summed E-state index contributed by atoms with van der Waals surface area (Å²) in [6.45, 7) is 8.18. The maximum Gasteiger partial charge on any atom is 0.128 e. The van der Waals surface area contributed by atoms with Crippen molar-refractivity contribution in [3.63, 3.8) is 0 Å². The van der Waals surface area contributed by atoms with Gasteiger partial charge in [-0.2, -0.15) is 0 Å². The Kier molecular flexibility index (Phi) is 5.93. The first-order valence-corrected chi connectivity index (χ1v) is 6.60. The molecule has 96 valence electrons. The molecule has 0 spiro atoms. The molecule has 17 heavy (non-hydrogen) atoms. The summed E-state index contributed by atoms with van der Waals surface area (Å²) in [5, 5.41) is 3.89. The molecule has 0 aromatic heterocycles. The van der Waals surface area contributed by atoms with Gasteiger partial charge in [-0.05, 0) is 43.5 Å². The van der Waals surface area contributed by atoms with Crippen LogP contribution in [0.4, 0.5) is 4.39 Å². The van der Waals surface area contributed by atoms with Crippen molar-refractivity contribution in [2.75, 3.05) is 13.1 Å². The molecule has 0 aliphatic carbocycles. The number of benzene rings is 1. The molecule has 0 bridgehead atoms. The van der Waals surface area contributed by atoms with E-state index in [9.17, 15) is 4.39 Å². The molecule has 0 heterocycles. The summed E-state index contributed by atoms with van der Waals surface area (Å²) in [6, 6.07) is 4.88. The molecule has 0 saturated heterocycles. The lowest BCUT2D eigenvalue weighted by atomic mass is 9.88. The maximum atomic E-state index is 13.7. The van der Waals surface area contributed by atoms with Gasteiger partial charge < -0.3 is 5.32 Å². The second-order valence-electron chi connectivity index (χ2n) is 4.61. The van der Waals surface area contributed by atoms with Crippen molar-refractivity contribution >= 4 is 11.6 Å². The van der Waals surface area contributed by atoms with Crippen molar-refractivity contribution in [2.45, 2.75) is 33.1 Å². The van der Waals surface area contributed by atoms with E-state index in [0.29, 0.717) is 16.5 Å². The molecule has 1 aromatic carbocycles. The van der Waals surface area contributed by atoms with Gasteiger partial charge in [-0.3, -0.25) is 0 Å². The van der Waals surface area contributed by atoms with Crippen LogP contribution in [-0.4, -0.2) is 13.1 Å². The van der Waals surface area contributed by atoms with Crippen LogP contribution in [0, 0.1) is 11.7 Å². The maximum absolute atomic E-state index is 13.7. The molecule has 0 saturated carbocycles. The third-order valence-corrected chi connectivity index (χ3v) is 3.53. The molecule has 1 rings (SSSR count). The van der Waals surface area contributed by atoms with Gasteiger partial charge in [0.2, 0.25) is 0 Å². The van der Waals surface area contributed by atoms with E-state index >= 15 is 0 Å². The van der Waals surface area contributed by atoms with Crippen LogP contribution >= 0.6 is 11.6 Å². The third kappa shape index (κ3) is 3.97. The Balaban J connectivity index is 2.71. The topological polar surface area (TPSA) is 12.0 Å². The fraction of sp³-hybridized carbons (Fsp3) is 0.571. The largest absolute Gasteiger partial charge is 0.316 e. The molecule has 0 amide bonds. The molecule has 2 atom stereocenters. The number of hydrogen-bond acceptors (Lipinski definition) is 1. The summed E-state index contributed by atoms with van der Waals surface area (Å²) in [5.74, 6) is 0.274. The highest BCUT2D eigenvalue weighted by molar-refractivity contribution is 6.31. The van der Waals surface area contributed by atoms with Gasteiger partial charge in [0.05, 0.1) is 0 Å². The number of rotatable bonds is 6. The molecule has 1 aromatic rings. The molecule has 1 nitrogen and oxygen atoms in total. The average Bonchev–Trinajstić information content (AvgIpc) is 2.28. The monoisotopic (exact) mass is 257 g/mol. The lowest BCUT2D eigenvalue weighted by Crippen LogP contribution is -2.25. The van der Waals surface area contributed by atoms with Crippen LogP contribution in [0.15, 0.2) is 18.2 Å². The van der Waals surface area contributed by atoms with E-state index in [4.69, 9.17) is 11.6 Å². The molecule has 0 aliphatic rings. The Morgan fingerprint density at radius 1 is 1.35 bits per heavy atom. The average molecular weight is 258 g/mol. The van der Waals surface area contributed by atoms with Crippen molar-refractivity contribution in [3.8, 4) is 0 Å². The number of nitrogens with one attached hydrogen (secondary N) is 1. The Morgan fingerprint density at radius 2 is 2.06 bits per heavy atom. The molecular formula is C14H21ClFN. The van der Waals surface area contributed by atoms with Gasteiger partial charge in [0.25, 0.3) is 0 Å². The highest BCUT2D eigenvalue weighted by Crippen LogP contribution is 2.31. The first kappa shape index (κ1) is 14.5. The van der Waals surface area contributed by atoms with Gasteiger partial charge in [-0.15, -0.1) is 0 Å². The molecule has 0 aliphatic heterocycles. The van der Waals surface area contributed by atoms with Crippen LogP contribution in [0.2, 0.25) is 5.02 Å². The smallest absolute Gasteiger partial charge is 0.128 e. The van der Waals surface area contributed by atoms with Crippen molar-refractivity contribution in [3.05, 3.63) is 34.6 Å².